The SMILES string of the molecule is Cc1cc(N)ccc1NC(=O)c1ccc(F)cc1I. The van der Waals surface area contributed by atoms with E-state index in [1.807, 2.05) is 29.5 Å². The first-order valence-electron chi connectivity index (χ1n) is 5.60. The van der Waals surface area contributed by atoms with Crippen LogP contribution in [0.25, 0.3) is 0 Å². The predicted molar refractivity (Wildman–Crippen MR) is 82.7 cm³/mol. The molecule has 2 aromatic carbocycles. The Balaban J connectivity index is 2.25. The molecule has 0 atom stereocenters. The molecule has 3 N–H and O–H groups in total. The van der Waals surface area contributed by atoms with E-state index in [0.717, 1.165) is 5.56 Å². The third-order valence-corrected chi connectivity index (χ3v) is 3.57. The van der Waals surface area contributed by atoms with E-state index in [0.29, 0.717) is 20.5 Å². The van der Waals surface area contributed by atoms with Gasteiger partial charge in [-0.1, -0.05) is 0 Å². The molecule has 0 aliphatic rings. The molecule has 2 rings (SSSR count). The minimum absolute atomic E-state index is 0.266. The fraction of sp³-hybridized carbons (Fsp3) is 0.0714. The Hall–Kier alpha value is -1.63. The van der Waals surface area contributed by atoms with Crippen LogP contribution in [-0.2, 0) is 0 Å². The highest BCUT2D eigenvalue weighted by Gasteiger charge is 2.11. The molecule has 0 fully saturated rings. The lowest BCUT2D eigenvalue weighted by atomic mass is 10.1. The molecule has 0 spiro atoms. The van der Waals surface area contributed by atoms with E-state index in [9.17, 15) is 9.18 Å². The molecule has 0 radical (unpaired) electrons. The van der Waals surface area contributed by atoms with Crippen molar-refractivity contribution in [1.82, 2.24) is 0 Å². The summed E-state index contributed by atoms with van der Waals surface area (Å²) in [5.74, 6) is -0.623. The molecule has 0 bridgehead atoms. The van der Waals surface area contributed by atoms with Crippen molar-refractivity contribution in [2.24, 2.45) is 0 Å². The zero-order chi connectivity index (χ0) is 14.0. The molecule has 19 heavy (non-hydrogen) atoms. The molecular formula is C14H12FIN2O. The summed E-state index contributed by atoms with van der Waals surface area (Å²) in [6.45, 7) is 1.86. The summed E-state index contributed by atoms with van der Waals surface area (Å²) >= 11 is 1.94. The molecule has 1 amide bonds. The smallest absolute Gasteiger partial charge is 0.256 e. The van der Waals surface area contributed by atoms with E-state index in [1.54, 1.807) is 18.2 Å². The van der Waals surface area contributed by atoms with Gasteiger partial charge >= 0.3 is 0 Å². The number of hydrogen-bond donors (Lipinski definition) is 2. The van der Waals surface area contributed by atoms with Crippen molar-refractivity contribution in [3.8, 4) is 0 Å². The molecule has 0 saturated heterocycles. The first-order valence-corrected chi connectivity index (χ1v) is 6.68. The zero-order valence-electron chi connectivity index (χ0n) is 10.2. The number of carbonyl (C=O) groups excluding carboxylic acids is 1. The van der Waals surface area contributed by atoms with Crippen LogP contribution < -0.4 is 11.1 Å². The number of hydrogen-bond acceptors (Lipinski definition) is 2. The molecule has 0 aromatic heterocycles. The fourth-order valence-corrected chi connectivity index (χ4v) is 2.41. The number of amides is 1. The normalized spacial score (nSPS) is 10.3. The first-order chi connectivity index (χ1) is 8.97. The van der Waals surface area contributed by atoms with Gasteiger partial charge in [0.1, 0.15) is 5.82 Å². The van der Waals surface area contributed by atoms with E-state index < -0.39 is 0 Å². The topological polar surface area (TPSA) is 55.1 Å². The number of nitrogens with two attached hydrogens (primary N) is 1. The van der Waals surface area contributed by atoms with Crippen molar-refractivity contribution in [2.75, 3.05) is 11.1 Å². The van der Waals surface area contributed by atoms with Crippen molar-refractivity contribution >= 4 is 39.9 Å². The van der Waals surface area contributed by atoms with Crippen LogP contribution in [0.5, 0.6) is 0 Å². The van der Waals surface area contributed by atoms with E-state index in [4.69, 9.17) is 5.73 Å². The van der Waals surface area contributed by atoms with Crippen LogP contribution in [0.3, 0.4) is 0 Å². The molecular weight excluding hydrogens is 358 g/mol. The average Bonchev–Trinajstić information content (AvgIpc) is 2.32. The summed E-state index contributed by atoms with van der Waals surface area (Å²) in [4.78, 5) is 12.1. The Bertz CT molecular complexity index is 643. The van der Waals surface area contributed by atoms with Gasteiger partial charge in [-0.15, -0.1) is 0 Å². The monoisotopic (exact) mass is 370 g/mol. The molecule has 98 valence electrons. The van der Waals surface area contributed by atoms with Crippen LogP contribution in [0.1, 0.15) is 15.9 Å². The predicted octanol–water partition coefficient (Wildman–Crippen LogP) is 3.57. The van der Waals surface area contributed by atoms with Crippen molar-refractivity contribution in [3.05, 3.63) is 56.9 Å². The number of halogens is 2. The average molecular weight is 370 g/mol. The fourth-order valence-electron chi connectivity index (χ4n) is 1.69. The van der Waals surface area contributed by atoms with Gasteiger partial charge in [-0.25, -0.2) is 4.39 Å². The maximum Gasteiger partial charge on any atom is 0.256 e. The van der Waals surface area contributed by atoms with Gasteiger partial charge in [0.05, 0.1) is 5.56 Å². The highest BCUT2D eigenvalue weighted by Crippen LogP contribution is 2.20. The van der Waals surface area contributed by atoms with Gasteiger partial charge in [-0.2, -0.15) is 0 Å². The van der Waals surface area contributed by atoms with Gasteiger partial charge in [0.2, 0.25) is 0 Å². The number of rotatable bonds is 2. The Morgan fingerprint density at radius 3 is 2.63 bits per heavy atom. The quantitative estimate of drug-likeness (QED) is 0.627. The Kier molecular flexibility index (Phi) is 4.04. The van der Waals surface area contributed by atoms with Crippen molar-refractivity contribution in [2.45, 2.75) is 6.92 Å². The third kappa shape index (κ3) is 3.23. The van der Waals surface area contributed by atoms with E-state index in [1.165, 1.54) is 18.2 Å². The third-order valence-electron chi connectivity index (χ3n) is 2.67. The lowest BCUT2D eigenvalue weighted by Crippen LogP contribution is -2.14. The van der Waals surface area contributed by atoms with Crippen LogP contribution in [0.2, 0.25) is 0 Å². The van der Waals surface area contributed by atoms with Gasteiger partial charge in [0.25, 0.3) is 5.91 Å². The lowest BCUT2D eigenvalue weighted by Gasteiger charge is -2.10. The summed E-state index contributed by atoms with van der Waals surface area (Å²) in [7, 11) is 0. The van der Waals surface area contributed by atoms with Crippen LogP contribution in [0.4, 0.5) is 15.8 Å². The van der Waals surface area contributed by atoms with Crippen molar-refractivity contribution in [3.63, 3.8) is 0 Å². The summed E-state index contributed by atoms with van der Waals surface area (Å²) < 4.78 is 13.6. The minimum atomic E-state index is -0.357. The number of benzene rings is 2. The number of aryl methyl sites for hydroxylation is 1. The minimum Gasteiger partial charge on any atom is -0.399 e. The molecule has 3 nitrogen and oxygen atoms in total. The molecule has 5 heteroatoms. The van der Waals surface area contributed by atoms with E-state index in [-0.39, 0.29) is 11.7 Å². The largest absolute Gasteiger partial charge is 0.399 e. The Morgan fingerprint density at radius 2 is 2.00 bits per heavy atom. The van der Waals surface area contributed by atoms with E-state index >= 15 is 0 Å². The molecule has 0 aliphatic carbocycles. The van der Waals surface area contributed by atoms with Crippen LogP contribution in [0, 0.1) is 16.3 Å². The van der Waals surface area contributed by atoms with Crippen LogP contribution in [-0.4, -0.2) is 5.91 Å². The van der Waals surface area contributed by atoms with Gasteiger partial charge in [0.15, 0.2) is 0 Å². The standard InChI is InChI=1S/C14H12FIN2O/c1-8-6-10(17)3-5-13(8)18-14(19)11-4-2-9(15)7-12(11)16/h2-7H,17H2,1H3,(H,18,19). The second kappa shape index (κ2) is 5.56. The zero-order valence-corrected chi connectivity index (χ0v) is 12.4. The highest BCUT2D eigenvalue weighted by molar-refractivity contribution is 14.1. The molecule has 0 unspecified atom stereocenters. The van der Waals surface area contributed by atoms with E-state index in [2.05, 4.69) is 5.32 Å². The van der Waals surface area contributed by atoms with Gasteiger partial charge in [-0.3, -0.25) is 4.79 Å². The molecule has 0 aliphatic heterocycles. The Labute approximate surface area is 124 Å². The molecule has 2 aromatic rings. The van der Waals surface area contributed by atoms with Gasteiger partial charge in [0, 0.05) is 14.9 Å². The van der Waals surface area contributed by atoms with Crippen molar-refractivity contribution in [1.29, 1.82) is 0 Å². The summed E-state index contributed by atoms with van der Waals surface area (Å²) in [5.41, 5.74) is 8.32. The number of nitrogens with one attached hydrogen (secondary N) is 1. The van der Waals surface area contributed by atoms with Gasteiger partial charge in [-0.05, 0) is 71.5 Å². The summed E-state index contributed by atoms with van der Waals surface area (Å²) in [6, 6.07) is 9.32. The maximum absolute atomic E-state index is 13.0. The second-order valence-electron chi connectivity index (χ2n) is 4.15. The second-order valence-corrected chi connectivity index (χ2v) is 5.31. The van der Waals surface area contributed by atoms with Gasteiger partial charge < -0.3 is 11.1 Å². The summed E-state index contributed by atoms with van der Waals surface area (Å²) in [6.07, 6.45) is 0. The number of carbonyl (C=O) groups is 1. The molecule has 0 heterocycles. The molecule has 0 saturated carbocycles. The van der Waals surface area contributed by atoms with Crippen molar-refractivity contribution < 1.29 is 9.18 Å². The Morgan fingerprint density at radius 1 is 1.26 bits per heavy atom. The van der Waals surface area contributed by atoms with Crippen LogP contribution >= 0.6 is 22.6 Å². The van der Waals surface area contributed by atoms with Crippen LogP contribution in [0.15, 0.2) is 36.4 Å². The highest BCUT2D eigenvalue weighted by atomic mass is 127. The lowest BCUT2D eigenvalue weighted by molar-refractivity contribution is 0.102. The number of nitrogen functional groups attached to an aromatic ring is 1. The number of anilines is 2. The maximum atomic E-state index is 13.0. The first kappa shape index (κ1) is 13.8. The summed E-state index contributed by atoms with van der Waals surface area (Å²) in [5, 5.41) is 2.79.